The smallest absolute Gasteiger partial charge is 0.0560 e. The highest BCUT2D eigenvalue weighted by atomic mass is 79.9. The highest BCUT2D eigenvalue weighted by molar-refractivity contribution is 9.11. The molecule has 2 N–H and O–H groups in total. The van der Waals surface area contributed by atoms with Crippen molar-refractivity contribution >= 4 is 42.6 Å². The summed E-state index contributed by atoms with van der Waals surface area (Å²) in [6.45, 7) is 2.10. The van der Waals surface area contributed by atoms with Gasteiger partial charge in [0.25, 0.3) is 0 Å². The standard InChI is InChI=1S/C18H15Br2N/c1-11-10-12(19)6-7-13(11)18(21)16-8-9-17(20)15-5-3-2-4-14(15)16/h2-10,18H,21H2,1H3. The molecule has 0 amide bonds. The third-order valence-electron chi connectivity index (χ3n) is 3.81. The second-order valence-electron chi connectivity index (χ2n) is 5.16. The maximum Gasteiger partial charge on any atom is 0.0560 e. The van der Waals surface area contributed by atoms with Crippen molar-refractivity contribution in [2.24, 2.45) is 5.73 Å². The molecule has 0 aromatic heterocycles. The summed E-state index contributed by atoms with van der Waals surface area (Å²) in [6.07, 6.45) is 0. The number of nitrogens with two attached hydrogens (primary N) is 1. The van der Waals surface area contributed by atoms with Gasteiger partial charge in [-0.15, -0.1) is 0 Å². The Kier molecular flexibility index (Phi) is 4.16. The van der Waals surface area contributed by atoms with Crippen LogP contribution in [0.5, 0.6) is 0 Å². The topological polar surface area (TPSA) is 26.0 Å². The first-order valence-corrected chi connectivity index (χ1v) is 8.35. The highest BCUT2D eigenvalue weighted by Crippen LogP contribution is 2.33. The number of hydrogen-bond acceptors (Lipinski definition) is 1. The molecule has 0 aliphatic rings. The fourth-order valence-electron chi connectivity index (χ4n) is 2.71. The van der Waals surface area contributed by atoms with E-state index in [4.69, 9.17) is 5.73 Å². The van der Waals surface area contributed by atoms with Crippen LogP contribution in [-0.2, 0) is 0 Å². The van der Waals surface area contributed by atoms with Crippen LogP contribution in [0, 0.1) is 6.92 Å². The van der Waals surface area contributed by atoms with E-state index in [-0.39, 0.29) is 6.04 Å². The van der Waals surface area contributed by atoms with Crippen molar-refractivity contribution in [1.29, 1.82) is 0 Å². The second-order valence-corrected chi connectivity index (χ2v) is 6.93. The molecule has 0 saturated heterocycles. The molecule has 0 saturated carbocycles. The van der Waals surface area contributed by atoms with Gasteiger partial charge in [-0.25, -0.2) is 0 Å². The van der Waals surface area contributed by atoms with Gasteiger partial charge in [-0.05, 0) is 52.6 Å². The largest absolute Gasteiger partial charge is 0.320 e. The van der Waals surface area contributed by atoms with Crippen LogP contribution in [0.3, 0.4) is 0 Å². The first kappa shape index (κ1) is 14.8. The quantitative estimate of drug-likeness (QED) is 0.580. The summed E-state index contributed by atoms with van der Waals surface area (Å²) in [5.74, 6) is 0. The van der Waals surface area contributed by atoms with Crippen molar-refractivity contribution < 1.29 is 0 Å². The van der Waals surface area contributed by atoms with Gasteiger partial charge < -0.3 is 5.73 Å². The minimum atomic E-state index is -0.129. The SMILES string of the molecule is Cc1cc(Br)ccc1C(N)c1ccc(Br)c2ccccc12. The van der Waals surface area contributed by atoms with Crippen LogP contribution >= 0.6 is 31.9 Å². The van der Waals surface area contributed by atoms with E-state index in [1.165, 1.54) is 16.3 Å². The van der Waals surface area contributed by atoms with Crippen molar-refractivity contribution in [1.82, 2.24) is 0 Å². The summed E-state index contributed by atoms with van der Waals surface area (Å²) in [4.78, 5) is 0. The van der Waals surface area contributed by atoms with Gasteiger partial charge in [0.15, 0.2) is 0 Å². The summed E-state index contributed by atoms with van der Waals surface area (Å²) < 4.78 is 2.18. The lowest BCUT2D eigenvalue weighted by Gasteiger charge is -2.18. The van der Waals surface area contributed by atoms with Gasteiger partial charge in [-0.3, -0.25) is 0 Å². The Bertz CT molecular complexity index is 811. The summed E-state index contributed by atoms with van der Waals surface area (Å²) in [7, 11) is 0. The molecule has 0 spiro atoms. The predicted octanol–water partition coefficient (Wildman–Crippen LogP) is 5.72. The first-order valence-electron chi connectivity index (χ1n) is 6.76. The Morgan fingerprint density at radius 2 is 1.52 bits per heavy atom. The van der Waals surface area contributed by atoms with Crippen LogP contribution in [0.15, 0.2) is 63.5 Å². The van der Waals surface area contributed by atoms with E-state index >= 15 is 0 Å². The zero-order chi connectivity index (χ0) is 15.0. The highest BCUT2D eigenvalue weighted by Gasteiger charge is 2.15. The van der Waals surface area contributed by atoms with Crippen LogP contribution in [0.25, 0.3) is 10.8 Å². The van der Waals surface area contributed by atoms with Crippen LogP contribution in [0.1, 0.15) is 22.7 Å². The normalized spacial score (nSPS) is 12.6. The fraction of sp³-hybridized carbons (Fsp3) is 0.111. The summed E-state index contributed by atoms with van der Waals surface area (Å²) >= 11 is 7.12. The molecule has 3 aromatic rings. The van der Waals surface area contributed by atoms with Crippen molar-refractivity contribution in [3.05, 3.63) is 80.2 Å². The third kappa shape index (κ3) is 2.78. The van der Waals surface area contributed by atoms with E-state index in [0.29, 0.717) is 0 Å². The van der Waals surface area contributed by atoms with Crippen LogP contribution in [0.2, 0.25) is 0 Å². The van der Waals surface area contributed by atoms with Crippen LogP contribution in [-0.4, -0.2) is 0 Å². The fourth-order valence-corrected chi connectivity index (χ4v) is 3.67. The molecule has 1 unspecified atom stereocenters. The lowest BCUT2D eigenvalue weighted by atomic mass is 9.92. The van der Waals surface area contributed by atoms with Gasteiger partial charge in [0.2, 0.25) is 0 Å². The zero-order valence-corrected chi connectivity index (χ0v) is 14.8. The zero-order valence-electron chi connectivity index (χ0n) is 11.6. The van der Waals surface area contributed by atoms with Gasteiger partial charge in [0, 0.05) is 8.95 Å². The van der Waals surface area contributed by atoms with Crippen LogP contribution in [0.4, 0.5) is 0 Å². The summed E-state index contributed by atoms with van der Waals surface area (Å²) in [5, 5.41) is 2.39. The van der Waals surface area contributed by atoms with Gasteiger partial charge in [0.05, 0.1) is 6.04 Å². The van der Waals surface area contributed by atoms with E-state index in [0.717, 1.165) is 20.1 Å². The molecule has 0 aliphatic carbocycles. The lowest BCUT2D eigenvalue weighted by molar-refractivity contribution is 0.870. The number of fused-ring (bicyclic) bond motifs is 1. The number of rotatable bonds is 2. The third-order valence-corrected chi connectivity index (χ3v) is 4.99. The molecule has 1 atom stereocenters. The summed E-state index contributed by atoms with van der Waals surface area (Å²) in [6, 6.07) is 18.7. The lowest BCUT2D eigenvalue weighted by Crippen LogP contribution is -2.13. The van der Waals surface area contributed by atoms with Gasteiger partial charge >= 0.3 is 0 Å². The minimum absolute atomic E-state index is 0.129. The monoisotopic (exact) mass is 403 g/mol. The molecule has 3 rings (SSSR count). The molecule has 21 heavy (non-hydrogen) atoms. The Morgan fingerprint density at radius 1 is 0.857 bits per heavy atom. The number of benzene rings is 3. The van der Waals surface area contributed by atoms with Gasteiger partial charge in [-0.1, -0.05) is 68.3 Å². The Morgan fingerprint density at radius 3 is 2.24 bits per heavy atom. The molecule has 0 aliphatic heterocycles. The Labute approximate surface area is 141 Å². The molecule has 0 heterocycles. The Balaban J connectivity index is 2.18. The molecule has 1 nitrogen and oxygen atoms in total. The van der Waals surface area contributed by atoms with E-state index in [2.05, 4.69) is 81.2 Å². The van der Waals surface area contributed by atoms with Crippen molar-refractivity contribution in [3.8, 4) is 0 Å². The molecule has 106 valence electrons. The number of hydrogen-bond donors (Lipinski definition) is 1. The molecule has 3 aromatic carbocycles. The molecule has 0 radical (unpaired) electrons. The average Bonchev–Trinajstić information content (AvgIpc) is 2.47. The minimum Gasteiger partial charge on any atom is -0.320 e. The molecular weight excluding hydrogens is 390 g/mol. The van der Waals surface area contributed by atoms with E-state index < -0.39 is 0 Å². The maximum absolute atomic E-state index is 6.55. The summed E-state index contributed by atoms with van der Waals surface area (Å²) in [5.41, 5.74) is 10.1. The average molecular weight is 405 g/mol. The first-order chi connectivity index (χ1) is 10.1. The predicted molar refractivity (Wildman–Crippen MR) is 96.6 cm³/mol. The Hall–Kier alpha value is -1.16. The van der Waals surface area contributed by atoms with Gasteiger partial charge in [-0.2, -0.15) is 0 Å². The molecule has 3 heteroatoms. The van der Waals surface area contributed by atoms with Crippen LogP contribution < -0.4 is 5.73 Å². The molecular formula is C18H15Br2N. The maximum atomic E-state index is 6.55. The number of aryl methyl sites for hydroxylation is 1. The van der Waals surface area contributed by atoms with E-state index in [1.807, 2.05) is 12.1 Å². The van der Waals surface area contributed by atoms with Crippen molar-refractivity contribution in [3.63, 3.8) is 0 Å². The second kappa shape index (κ2) is 5.91. The van der Waals surface area contributed by atoms with E-state index in [1.54, 1.807) is 0 Å². The molecule has 0 bridgehead atoms. The van der Waals surface area contributed by atoms with Crippen molar-refractivity contribution in [2.45, 2.75) is 13.0 Å². The molecule has 0 fully saturated rings. The van der Waals surface area contributed by atoms with E-state index in [9.17, 15) is 0 Å². The van der Waals surface area contributed by atoms with Gasteiger partial charge in [0.1, 0.15) is 0 Å². The van der Waals surface area contributed by atoms with Crippen molar-refractivity contribution in [2.75, 3.05) is 0 Å². The number of halogens is 2.